The van der Waals surface area contributed by atoms with E-state index < -0.39 is 5.41 Å². The first-order valence-electron chi connectivity index (χ1n) is 21.9. The maximum absolute atomic E-state index is 6.90. The molecule has 2 atom stereocenters. The van der Waals surface area contributed by atoms with Gasteiger partial charge in [-0.15, -0.1) is 0 Å². The molecule has 1 aliphatic heterocycles. The molecule has 0 amide bonds. The Morgan fingerprint density at radius 2 is 0.778 bits per heavy atom. The zero-order chi connectivity index (χ0) is 41.7. The minimum Gasteiger partial charge on any atom is -0.485 e. The Morgan fingerprint density at radius 1 is 0.333 bits per heavy atom. The molecule has 298 valence electrons. The van der Waals surface area contributed by atoms with Crippen LogP contribution in [-0.2, 0) is 5.41 Å². The van der Waals surface area contributed by atoms with Crippen LogP contribution < -0.4 is 9.64 Å². The molecule has 2 heteroatoms. The van der Waals surface area contributed by atoms with Crippen LogP contribution in [0.5, 0.6) is 5.75 Å². The van der Waals surface area contributed by atoms with Gasteiger partial charge < -0.3 is 9.64 Å². The molecule has 1 aliphatic carbocycles. The lowest BCUT2D eigenvalue weighted by Gasteiger charge is -2.37. The molecule has 10 aromatic rings. The van der Waals surface area contributed by atoms with Crippen LogP contribution in [0.15, 0.2) is 249 Å². The van der Waals surface area contributed by atoms with Gasteiger partial charge in [-0.25, -0.2) is 0 Å². The van der Waals surface area contributed by atoms with E-state index in [0.29, 0.717) is 0 Å². The van der Waals surface area contributed by atoms with Gasteiger partial charge in [0.2, 0.25) is 0 Å². The normalized spacial score (nSPS) is 15.6. The van der Waals surface area contributed by atoms with Crippen molar-refractivity contribution in [2.75, 3.05) is 4.90 Å². The van der Waals surface area contributed by atoms with Gasteiger partial charge >= 0.3 is 0 Å². The fraction of sp³-hybridized carbons (Fsp3) is 0.0492. The van der Waals surface area contributed by atoms with E-state index in [2.05, 4.69) is 254 Å². The second-order valence-corrected chi connectivity index (χ2v) is 16.8. The van der Waals surface area contributed by atoms with E-state index in [9.17, 15) is 0 Å². The van der Waals surface area contributed by atoms with Crippen molar-refractivity contribution in [2.45, 2.75) is 17.4 Å². The SMILES string of the molecule is c1ccc(-c2ccc(N(c3ccc(-c4ccccc4)cc3)c3ccc4cc(-c5ccc6c(c5)C(c5ccccc5)(c5ccccc5)C5c7ccccc7OC65)ccc4c3)cc2)cc1. The summed E-state index contributed by atoms with van der Waals surface area (Å²) in [7, 11) is 0. The standard InChI is InChI=1S/C61H43NO/c1-5-15-42(16-6-1)44-27-33-52(34-28-44)62(53-35-29-45(30-36-53)43-17-7-2-8-18-43)54-37-31-47-39-46(25-26-48(47)40-54)49-32-38-55-57(41-49)61(50-19-9-3-10-20-50,51-21-11-4-12-22-51)59-56-23-13-14-24-58(56)63-60(55)59/h1-41,59-60H. The van der Waals surface area contributed by atoms with Gasteiger partial charge in [0.05, 0.1) is 5.41 Å². The molecule has 2 aliphatic rings. The topological polar surface area (TPSA) is 12.5 Å². The van der Waals surface area contributed by atoms with Crippen LogP contribution in [0.2, 0.25) is 0 Å². The number of rotatable bonds is 8. The van der Waals surface area contributed by atoms with Gasteiger partial charge in [0, 0.05) is 28.5 Å². The van der Waals surface area contributed by atoms with Gasteiger partial charge in [-0.1, -0.05) is 194 Å². The van der Waals surface area contributed by atoms with Gasteiger partial charge in [-0.3, -0.25) is 0 Å². The van der Waals surface area contributed by atoms with Gasteiger partial charge in [-0.2, -0.15) is 0 Å². The summed E-state index contributed by atoms with van der Waals surface area (Å²) >= 11 is 0. The van der Waals surface area contributed by atoms with Crippen molar-refractivity contribution in [1.82, 2.24) is 0 Å². The molecule has 1 heterocycles. The molecule has 0 bridgehead atoms. The number of anilines is 3. The van der Waals surface area contributed by atoms with Gasteiger partial charge in [-0.05, 0) is 121 Å². The number of hydrogen-bond acceptors (Lipinski definition) is 2. The molecular weight excluding hydrogens is 763 g/mol. The number of benzene rings is 10. The Bertz CT molecular complexity index is 3110. The fourth-order valence-corrected chi connectivity index (χ4v) is 10.5. The Hall–Kier alpha value is -7.94. The average Bonchev–Trinajstić information content (AvgIpc) is 3.89. The van der Waals surface area contributed by atoms with Crippen LogP contribution in [0.25, 0.3) is 44.2 Å². The Morgan fingerprint density at radius 3 is 1.38 bits per heavy atom. The Balaban J connectivity index is 0.952. The van der Waals surface area contributed by atoms with E-state index >= 15 is 0 Å². The molecule has 63 heavy (non-hydrogen) atoms. The third-order valence-electron chi connectivity index (χ3n) is 13.4. The lowest BCUT2D eigenvalue weighted by atomic mass is 9.63. The van der Waals surface area contributed by atoms with Crippen LogP contribution in [-0.4, -0.2) is 0 Å². The number of fused-ring (bicyclic) bond motifs is 6. The molecule has 10 aromatic carbocycles. The first-order chi connectivity index (χ1) is 31.2. The van der Waals surface area contributed by atoms with Gasteiger partial charge in [0.1, 0.15) is 11.9 Å². The van der Waals surface area contributed by atoms with Crippen molar-refractivity contribution in [1.29, 1.82) is 0 Å². The number of ether oxygens (including phenoxy) is 1. The van der Waals surface area contributed by atoms with Crippen LogP contribution in [0, 0.1) is 0 Å². The smallest absolute Gasteiger partial charge is 0.133 e. The summed E-state index contributed by atoms with van der Waals surface area (Å²) < 4.78 is 6.90. The van der Waals surface area contributed by atoms with E-state index in [1.165, 1.54) is 72.0 Å². The highest BCUT2D eigenvalue weighted by molar-refractivity contribution is 5.92. The van der Waals surface area contributed by atoms with E-state index in [-0.39, 0.29) is 12.0 Å². The highest BCUT2D eigenvalue weighted by Crippen LogP contribution is 2.66. The first kappa shape index (κ1) is 36.9. The highest BCUT2D eigenvalue weighted by atomic mass is 16.5. The second-order valence-electron chi connectivity index (χ2n) is 16.8. The Kier molecular flexibility index (Phi) is 8.90. The van der Waals surface area contributed by atoms with Crippen LogP contribution in [0.4, 0.5) is 17.1 Å². The molecule has 0 N–H and O–H groups in total. The van der Waals surface area contributed by atoms with Crippen LogP contribution in [0.3, 0.4) is 0 Å². The number of para-hydroxylation sites is 1. The van der Waals surface area contributed by atoms with E-state index in [0.717, 1.165) is 22.8 Å². The minimum absolute atomic E-state index is 0.0887. The molecule has 0 spiro atoms. The zero-order valence-corrected chi connectivity index (χ0v) is 34.7. The maximum Gasteiger partial charge on any atom is 0.133 e. The van der Waals surface area contributed by atoms with Gasteiger partial charge in [0.15, 0.2) is 0 Å². The van der Waals surface area contributed by atoms with Crippen molar-refractivity contribution in [2.24, 2.45) is 0 Å². The molecule has 0 radical (unpaired) electrons. The maximum atomic E-state index is 6.90. The van der Waals surface area contributed by atoms with E-state index in [1.807, 2.05) is 0 Å². The molecule has 0 aromatic heterocycles. The van der Waals surface area contributed by atoms with E-state index in [1.54, 1.807) is 0 Å². The van der Waals surface area contributed by atoms with Crippen molar-refractivity contribution in [3.63, 3.8) is 0 Å². The summed E-state index contributed by atoms with van der Waals surface area (Å²) in [6.07, 6.45) is -0.0890. The summed E-state index contributed by atoms with van der Waals surface area (Å²) in [5.74, 6) is 1.07. The predicted molar refractivity (Wildman–Crippen MR) is 260 cm³/mol. The number of nitrogens with zero attached hydrogens (tertiary/aromatic N) is 1. The second kappa shape index (κ2) is 15.2. The molecule has 0 fully saturated rings. The monoisotopic (exact) mass is 805 g/mol. The van der Waals surface area contributed by atoms with Crippen LogP contribution >= 0.6 is 0 Å². The Labute approximate surface area is 369 Å². The van der Waals surface area contributed by atoms with Gasteiger partial charge in [0.25, 0.3) is 0 Å². The summed E-state index contributed by atoms with van der Waals surface area (Å²) in [6.45, 7) is 0. The van der Waals surface area contributed by atoms with Crippen molar-refractivity contribution in [3.05, 3.63) is 277 Å². The average molecular weight is 806 g/mol. The predicted octanol–water partition coefficient (Wildman–Crippen LogP) is 15.9. The molecule has 2 unspecified atom stereocenters. The van der Waals surface area contributed by atoms with Crippen molar-refractivity contribution >= 4 is 27.8 Å². The fourth-order valence-electron chi connectivity index (χ4n) is 10.5. The first-order valence-corrected chi connectivity index (χ1v) is 21.9. The molecule has 2 nitrogen and oxygen atoms in total. The lowest BCUT2D eigenvalue weighted by molar-refractivity contribution is 0.207. The minimum atomic E-state index is -0.445. The third kappa shape index (κ3) is 6.17. The summed E-state index contributed by atoms with van der Waals surface area (Å²) in [5, 5.41) is 2.38. The van der Waals surface area contributed by atoms with Crippen LogP contribution in [0.1, 0.15) is 39.8 Å². The summed E-state index contributed by atoms with van der Waals surface area (Å²) in [5.41, 5.74) is 16.5. The molecule has 0 saturated carbocycles. The van der Waals surface area contributed by atoms with Crippen molar-refractivity contribution < 1.29 is 4.74 Å². The number of hydrogen-bond donors (Lipinski definition) is 0. The highest BCUT2D eigenvalue weighted by Gasteiger charge is 2.59. The third-order valence-corrected chi connectivity index (χ3v) is 13.4. The largest absolute Gasteiger partial charge is 0.485 e. The molecule has 12 rings (SSSR count). The quantitative estimate of drug-likeness (QED) is 0.152. The summed E-state index contributed by atoms with van der Waals surface area (Å²) in [4.78, 5) is 2.36. The molecular formula is C61H43NO. The zero-order valence-electron chi connectivity index (χ0n) is 34.7. The van der Waals surface area contributed by atoms with Crippen molar-refractivity contribution in [3.8, 4) is 39.1 Å². The van der Waals surface area contributed by atoms with E-state index in [4.69, 9.17) is 4.74 Å². The summed E-state index contributed by atoms with van der Waals surface area (Å²) in [6, 6.07) is 90.7. The molecule has 0 saturated heterocycles. The lowest BCUT2D eigenvalue weighted by Crippen LogP contribution is -2.33.